The fourth-order valence-corrected chi connectivity index (χ4v) is 3.51. The number of carbonyl (C=O) groups excluding carboxylic acids is 1. The number of nitrogens with two attached hydrogens (primary N) is 1. The van der Waals surface area contributed by atoms with Gasteiger partial charge in [-0.2, -0.15) is 0 Å². The first-order valence-electron chi connectivity index (χ1n) is 9.08. The minimum atomic E-state index is -0.486. The molecule has 3 heteroatoms. The normalized spacial score (nSPS) is 11.8. The van der Waals surface area contributed by atoms with Gasteiger partial charge in [0.2, 0.25) is 0 Å². The molecular formula is C24H22N2O. The number of pyridine rings is 1. The van der Waals surface area contributed by atoms with Gasteiger partial charge in [0.05, 0.1) is 5.52 Å². The van der Waals surface area contributed by atoms with Crippen molar-refractivity contribution in [1.29, 1.82) is 0 Å². The van der Waals surface area contributed by atoms with Gasteiger partial charge in [-0.15, -0.1) is 0 Å². The van der Waals surface area contributed by atoms with Crippen molar-refractivity contribution >= 4 is 33.3 Å². The Morgan fingerprint density at radius 3 is 2.30 bits per heavy atom. The first-order valence-corrected chi connectivity index (χ1v) is 9.08. The van der Waals surface area contributed by atoms with Crippen LogP contribution in [0.4, 0.5) is 5.82 Å². The Morgan fingerprint density at radius 1 is 0.815 bits per heavy atom. The van der Waals surface area contributed by atoms with Crippen LogP contribution < -0.4 is 5.73 Å². The number of hydrogen-bond donors (Lipinski definition) is 1. The molecule has 0 saturated heterocycles. The number of carbonyl (C=O) groups is 1. The topological polar surface area (TPSA) is 56.0 Å². The van der Waals surface area contributed by atoms with Crippen molar-refractivity contribution in [2.75, 3.05) is 5.73 Å². The van der Waals surface area contributed by atoms with Crippen molar-refractivity contribution in [2.45, 2.75) is 20.8 Å². The van der Waals surface area contributed by atoms with E-state index in [4.69, 9.17) is 5.73 Å². The monoisotopic (exact) mass is 354 g/mol. The number of anilines is 1. The number of benzene rings is 3. The second-order valence-electron chi connectivity index (χ2n) is 7.90. The number of hydrogen-bond acceptors (Lipinski definition) is 3. The summed E-state index contributed by atoms with van der Waals surface area (Å²) in [6, 6.07) is 22.3. The third-order valence-electron chi connectivity index (χ3n) is 4.88. The standard InChI is InChI=1S/C24H22N2O/c1-24(2,3)23(27)20-12-11-18(19-13-14-21(25)26-22(19)20)17-10-6-8-15-7-4-5-9-16(15)17/h4-14H,1-3H3,(H2,25,26). The summed E-state index contributed by atoms with van der Waals surface area (Å²) in [5, 5.41) is 3.30. The van der Waals surface area contributed by atoms with E-state index in [0.717, 1.165) is 16.5 Å². The zero-order valence-electron chi connectivity index (χ0n) is 15.8. The molecule has 0 aliphatic carbocycles. The van der Waals surface area contributed by atoms with E-state index in [-0.39, 0.29) is 5.78 Å². The summed E-state index contributed by atoms with van der Waals surface area (Å²) in [5.41, 5.74) is 8.94. The Bertz CT molecular complexity index is 1180. The second kappa shape index (κ2) is 6.20. The third kappa shape index (κ3) is 2.95. The Labute approximate surface area is 158 Å². The van der Waals surface area contributed by atoms with E-state index < -0.39 is 5.41 Å². The predicted octanol–water partition coefficient (Wildman–Crippen LogP) is 5.87. The molecule has 0 atom stereocenters. The smallest absolute Gasteiger partial charge is 0.170 e. The van der Waals surface area contributed by atoms with Crippen LogP contribution in [-0.2, 0) is 0 Å². The van der Waals surface area contributed by atoms with Gasteiger partial charge in [0.1, 0.15) is 5.82 Å². The van der Waals surface area contributed by atoms with Crippen LogP contribution in [0, 0.1) is 5.41 Å². The lowest BCUT2D eigenvalue weighted by molar-refractivity contribution is 0.0860. The van der Waals surface area contributed by atoms with E-state index in [1.54, 1.807) is 6.07 Å². The van der Waals surface area contributed by atoms with Gasteiger partial charge in [-0.05, 0) is 40.1 Å². The summed E-state index contributed by atoms with van der Waals surface area (Å²) in [6.07, 6.45) is 0. The molecule has 3 aromatic carbocycles. The SMILES string of the molecule is CC(C)(C)C(=O)c1ccc(-c2cccc3ccccc23)c2ccc(N)nc12. The van der Waals surface area contributed by atoms with Gasteiger partial charge in [0, 0.05) is 16.4 Å². The zero-order chi connectivity index (χ0) is 19.2. The Morgan fingerprint density at radius 2 is 1.52 bits per heavy atom. The van der Waals surface area contributed by atoms with E-state index in [0.29, 0.717) is 16.9 Å². The highest BCUT2D eigenvalue weighted by molar-refractivity contribution is 6.14. The average Bonchev–Trinajstić information content (AvgIpc) is 2.65. The molecule has 134 valence electrons. The van der Waals surface area contributed by atoms with Crippen LogP contribution >= 0.6 is 0 Å². The van der Waals surface area contributed by atoms with E-state index in [1.807, 2.05) is 51.1 Å². The lowest BCUT2D eigenvalue weighted by Gasteiger charge is -2.19. The highest BCUT2D eigenvalue weighted by atomic mass is 16.1. The summed E-state index contributed by atoms with van der Waals surface area (Å²) in [6.45, 7) is 5.77. The molecule has 0 aliphatic heterocycles. The van der Waals surface area contributed by atoms with Crippen molar-refractivity contribution in [3.05, 3.63) is 72.3 Å². The molecule has 2 N–H and O–H groups in total. The van der Waals surface area contributed by atoms with Crippen LogP contribution in [0.5, 0.6) is 0 Å². The van der Waals surface area contributed by atoms with Gasteiger partial charge in [-0.3, -0.25) is 4.79 Å². The molecule has 0 fully saturated rings. The molecule has 0 spiro atoms. The van der Waals surface area contributed by atoms with Crippen molar-refractivity contribution in [3.63, 3.8) is 0 Å². The van der Waals surface area contributed by atoms with Crippen molar-refractivity contribution in [3.8, 4) is 11.1 Å². The summed E-state index contributed by atoms with van der Waals surface area (Å²) < 4.78 is 0. The highest BCUT2D eigenvalue weighted by Crippen LogP contribution is 2.36. The van der Waals surface area contributed by atoms with Crippen molar-refractivity contribution < 1.29 is 4.79 Å². The molecule has 27 heavy (non-hydrogen) atoms. The van der Waals surface area contributed by atoms with E-state index in [9.17, 15) is 4.79 Å². The fraction of sp³-hybridized carbons (Fsp3) is 0.167. The maximum atomic E-state index is 13.0. The molecule has 1 aromatic heterocycles. The first kappa shape index (κ1) is 17.2. The Hall–Kier alpha value is -3.20. The van der Waals surface area contributed by atoms with E-state index in [1.165, 1.54) is 10.8 Å². The Kier molecular flexibility index (Phi) is 3.96. The second-order valence-corrected chi connectivity index (χ2v) is 7.90. The number of rotatable bonds is 2. The van der Waals surface area contributed by atoms with Gasteiger partial charge in [-0.25, -0.2) is 4.98 Å². The lowest BCUT2D eigenvalue weighted by atomic mass is 9.84. The molecule has 0 radical (unpaired) electrons. The molecule has 4 aromatic rings. The van der Waals surface area contributed by atoms with Crippen molar-refractivity contribution in [1.82, 2.24) is 4.98 Å². The first-order chi connectivity index (χ1) is 12.9. The van der Waals surface area contributed by atoms with E-state index in [2.05, 4.69) is 35.3 Å². The number of nitrogens with zero attached hydrogens (tertiary/aromatic N) is 1. The Balaban J connectivity index is 2.05. The predicted molar refractivity (Wildman–Crippen MR) is 113 cm³/mol. The van der Waals surface area contributed by atoms with Crippen molar-refractivity contribution in [2.24, 2.45) is 5.41 Å². The minimum Gasteiger partial charge on any atom is -0.384 e. The summed E-state index contributed by atoms with van der Waals surface area (Å²) in [4.78, 5) is 17.5. The third-order valence-corrected chi connectivity index (χ3v) is 4.88. The van der Waals surface area contributed by atoms with Gasteiger partial charge < -0.3 is 5.73 Å². The average molecular weight is 354 g/mol. The molecule has 3 nitrogen and oxygen atoms in total. The number of nitrogen functional groups attached to an aromatic ring is 1. The molecule has 4 rings (SSSR count). The van der Waals surface area contributed by atoms with Crippen LogP contribution in [0.3, 0.4) is 0 Å². The number of Topliss-reactive ketones (excluding diaryl/α,β-unsaturated/α-hetero) is 1. The van der Waals surface area contributed by atoms with Crippen LogP contribution in [-0.4, -0.2) is 10.8 Å². The number of fused-ring (bicyclic) bond motifs is 2. The maximum Gasteiger partial charge on any atom is 0.170 e. The highest BCUT2D eigenvalue weighted by Gasteiger charge is 2.26. The number of aromatic nitrogens is 1. The van der Waals surface area contributed by atoms with Crippen LogP contribution in [0.2, 0.25) is 0 Å². The molecule has 0 amide bonds. The molecule has 1 heterocycles. The van der Waals surface area contributed by atoms with Crippen LogP contribution in [0.15, 0.2) is 66.7 Å². The molecule has 0 unspecified atom stereocenters. The lowest BCUT2D eigenvalue weighted by Crippen LogP contribution is -2.20. The maximum absolute atomic E-state index is 13.0. The summed E-state index contributed by atoms with van der Waals surface area (Å²) in [5.74, 6) is 0.482. The summed E-state index contributed by atoms with van der Waals surface area (Å²) >= 11 is 0. The van der Waals surface area contributed by atoms with Crippen LogP contribution in [0.1, 0.15) is 31.1 Å². The molecule has 0 saturated carbocycles. The van der Waals surface area contributed by atoms with Gasteiger partial charge in [-0.1, -0.05) is 69.3 Å². The van der Waals surface area contributed by atoms with Gasteiger partial charge >= 0.3 is 0 Å². The molecular weight excluding hydrogens is 332 g/mol. The largest absolute Gasteiger partial charge is 0.384 e. The summed E-state index contributed by atoms with van der Waals surface area (Å²) in [7, 11) is 0. The van der Waals surface area contributed by atoms with Gasteiger partial charge in [0.15, 0.2) is 5.78 Å². The minimum absolute atomic E-state index is 0.0649. The van der Waals surface area contributed by atoms with E-state index >= 15 is 0 Å². The molecule has 0 aliphatic rings. The van der Waals surface area contributed by atoms with Gasteiger partial charge in [0.25, 0.3) is 0 Å². The fourth-order valence-electron chi connectivity index (χ4n) is 3.51. The molecule has 0 bridgehead atoms. The quantitative estimate of drug-likeness (QED) is 0.458. The number of ketones is 1. The van der Waals surface area contributed by atoms with Crippen LogP contribution in [0.25, 0.3) is 32.8 Å². The zero-order valence-corrected chi connectivity index (χ0v) is 15.8.